The van der Waals surface area contributed by atoms with Gasteiger partial charge < -0.3 is 15.4 Å². The van der Waals surface area contributed by atoms with E-state index in [0.29, 0.717) is 5.25 Å². The summed E-state index contributed by atoms with van der Waals surface area (Å²) >= 11 is 1.91. The Morgan fingerprint density at radius 2 is 2.12 bits per heavy atom. The second kappa shape index (κ2) is 7.92. The molecule has 2 heterocycles. The van der Waals surface area contributed by atoms with E-state index in [9.17, 15) is 9.59 Å². The SMILES string of the molecule is COC(=O)[C@@H](CCC[C@@H]1SC[C@@H]2NC(=O)N[C@@H]21)Cc1ccccc1. The van der Waals surface area contributed by atoms with Crippen LogP contribution in [0.5, 0.6) is 0 Å². The molecule has 2 saturated heterocycles. The second-order valence-corrected chi connectivity index (χ2v) is 7.73. The Bertz CT molecular complexity index is 581. The van der Waals surface area contributed by atoms with E-state index >= 15 is 0 Å². The summed E-state index contributed by atoms with van der Waals surface area (Å²) in [5.74, 6) is 0.737. The Morgan fingerprint density at radius 1 is 1.33 bits per heavy atom. The fourth-order valence-corrected chi connectivity index (χ4v) is 5.12. The van der Waals surface area contributed by atoms with Gasteiger partial charge in [0.15, 0.2) is 0 Å². The van der Waals surface area contributed by atoms with Crippen molar-refractivity contribution >= 4 is 23.8 Å². The monoisotopic (exact) mass is 348 g/mol. The van der Waals surface area contributed by atoms with Crippen molar-refractivity contribution in [1.29, 1.82) is 0 Å². The van der Waals surface area contributed by atoms with Crippen molar-refractivity contribution in [2.45, 2.75) is 43.0 Å². The molecule has 0 unspecified atom stereocenters. The minimum Gasteiger partial charge on any atom is -0.469 e. The van der Waals surface area contributed by atoms with Crippen LogP contribution in [-0.2, 0) is 16.0 Å². The summed E-state index contributed by atoms with van der Waals surface area (Å²) in [6.45, 7) is 0. The lowest BCUT2D eigenvalue weighted by atomic mass is 9.93. The van der Waals surface area contributed by atoms with Gasteiger partial charge >= 0.3 is 12.0 Å². The topological polar surface area (TPSA) is 67.4 Å². The average Bonchev–Trinajstić information content (AvgIpc) is 3.14. The third-order valence-electron chi connectivity index (χ3n) is 4.84. The number of amides is 2. The number of nitrogens with one attached hydrogen (secondary N) is 2. The molecule has 0 spiro atoms. The van der Waals surface area contributed by atoms with Gasteiger partial charge in [0.1, 0.15) is 0 Å². The zero-order valence-corrected chi connectivity index (χ0v) is 14.7. The maximum Gasteiger partial charge on any atom is 0.315 e. The molecule has 2 amide bonds. The number of thioether (sulfide) groups is 1. The van der Waals surface area contributed by atoms with Crippen molar-refractivity contribution in [1.82, 2.24) is 10.6 Å². The number of fused-ring (bicyclic) bond motifs is 1. The van der Waals surface area contributed by atoms with Crippen LogP contribution in [0.2, 0.25) is 0 Å². The van der Waals surface area contributed by atoms with Gasteiger partial charge in [-0.3, -0.25) is 4.79 Å². The maximum atomic E-state index is 12.1. The molecule has 0 aliphatic carbocycles. The predicted octanol–water partition coefficient (Wildman–Crippen LogP) is 2.35. The van der Waals surface area contributed by atoms with Crippen molar-refractivity contribution in [3.05, 3.63) is 35.9 Å². The minimum absolute atomic E-state index is 0.0492. The van der Waals surface area contributed by atoms with E-state index in [4.69, 9.17) is 4.74 Å². The van der Waals surface area contributed by atoms with Crippen LogP contribution in [0.4, 0.5) is 4.79 Å². The van der Waals surface area contributed by atoms with Crippen LogP contribution in [-0.4, -0.2) is 42.2 Å². The van der Waals surface area contributed by atoms with Crippen molar-refractivity contribution in [3.63, 3.8) is 0 Å². The van der Waals surface area contributed by atoms with Crippen LogP contribution in [0.25, 0.3) is 0 Å². The van der Waals surface area contributed by atoms with E-state index in [1.54, 1.807) is 0 Å². The quantitative estimate of drug-likeness (QED) is 0.586. The number of esters is 1. The van der Waals surface area contributed by atoms with Crippen LogP contribution >= 0.6 is 11.8 Å². The molecule has 5 nitrogen and oxygen atoms in total. The molecule has 6 heteroatoms. The summed E-state index contributed by atoms with van der Waals surface area (Å²) in [5, 5.41) is 6.41. The van der Waals surface area contributed by atoms with Gasteiger partial charge in [-0.2, -0.15) is 11.8 Å². The Hall–Kier alpha value is -1.69. The fraction of sp³-hybridized carbons (Fsp3) is 0.556. The van der Waals surface area contributed by atoms with Crippen LogP contribution in [0.1, 0.15) is 24.8 Å². The molecule has 130 valence electrons. The van der Waals surface area contributed by atoms with Gasteiger partial charge in [-0.25, -0.2) is 4.79 Å². The molecule has 0 bridgehead atoms. The fourth-order valence-electron chi connectivity index (χ4n) is 3.58. The molecule has 1 aromatic carbocycles. The highest BCUT2D eigenvalue weighted by molar-refractivity contribution is 8.00. The van der Waals surface area contributed by atoms with Crippen molar-refractivity contribution in [3.8, 4) is 0 Å². The lowest BCUT2D eigenvalue weighted by Gasteiger charge is -2.19. The van der Waals surface area contributed by atoms with Gasteiger partial charge in [-0.05, 0) is 24.8 Å². The largest absolute Gasteiger partial charge is 0.469 e. The van der Waals surface area contributed by atoms with Crippen molar-refractivity contribution in [2.24, 2.45) is 5.92 Å². The Labute approximate surface area is 146 Å². The standard InChI is InChI=1S/C18H24N2O3S/c1-23-17(21)13(10-12-6-3-2-4-7-12)8-5-9-15-16-14(11-24-15)19-18(22)20-16/h2-4,6-7,13-16H,5,8-11H2,1H3,(H2,19,20,22)/t13-,14-,15-,16-/m0/s1. The van der Waals surface area contributed by atoms with Gasteiger partial charge in [-0.15, -0.1) is 0 Å². The minimum atomic E-state index is -0.133. The summed E-state index contributed by atoms with van der Waals surface area (Å²) in [4.78, 5) is 23.5. The molecule has 2 fully saturated rings. The van der Waals surface area contributed by atoms with Gasteiger partial charge in [0.05, 0.1) is 25.1 Å². The first kappa shape index (κ1) is 17.1. The van der Waals surface area contributed by atoms with E-state index in [2.05, 4.69) is 10.6 Å². The molecule has 2 N–H and O–H groups in total. The zero-order chi connectivity index (χ0) is 16.9. The van der Waals surface area contributed by atoms with Gasteiger partial charge in [0.25, 0.3) is 0 Å². The van der Waals surface area contributed by atoms with Crippen molar-refractivity contribution in [2.75, 3.05) is 12.9 Å². The molecule has 2 aliphatic rings. The number of benzene rings is 1. The number of ether oxygens (including phenoxy) is 1. The predicted molar refractivity (Wildman–Crippen MR) is 95.0 cm³/mol. The van der Waals surface area contributed by atoms with E-state index in [0.717, 1.165) is 37.0 Å². The molecule has 0 radical (unpaired) electrons. The number of hydrogen-bond donors (Lipinski definition) is 2. The van der Waals surface area contributed by atoms with Gasteiger partial charge in [0.2, 0.25) is 0 Å². The number of rotatable bonds is 7. The normalized spacial score (nSPS) is 26.4. The molecule has 3 rings (SSSR count). The Morgan fingerprint density at radius 3 is 2.88 bits per heavy atom. The summed E-state index contributed by atoms with van der Waals surface area (Å²) in [6.07, 6.45) is 3.51. The Balaban J connectivity index is 1.50. The first-order valence-corrected chi connectivity index (χ1v) is 9.52. The number of carbonyl (C=O) groups is 2. The molecule has 24 heavy (non-hydrogen) atoms. The highest BCUT2D eigenvalue weighted by Crippen LogP contribution is 2.33. The van der Waals surface area contributed by atoms with E-state index < -0.39 is 0 Å². The summed E-state index contributed by atoms with van der Waals surface area (Å²) in [7, 11) is 1.46. The third-order valence-corrected chi connectivity index (χ3v) is 6.35. The van der Waals surface area contributed by atoms with Gasteiger partial charge in [0, 0.05) is 11.0 Å². The van der Waals surface area contributed by atoms with Crippen LogP contribution in [0.15, 0.2) is 30.3 Å². The zero-order valence-electron chi connectivity index (χ0n) is 13.9. The van der Waals surface area contributed by atoms with Crippen molar-refractivity contribution < 1.29 is 14.3 Å². The second-order valence-electron chi connectivity index (χ2n) is 6.46. The maximum absolute atomic E-state index is 12.1. The Kier molecular flexibility index (Phi) is 5.66. The number of carbonyl (C=O) groups excluding carboxylic acids is 2. The molecule has 2 aliphatic heterocycles. The number of urea groups is 1. The molecule has 0 aromatic heterocycles. The van der Waals surface area contributed by atoms with Crippen LogP contribution in [0, 0.1) is 5.92 Å². The number of hydrogen-bond acceptors (Lipinski definition) is 4. The summed E-state index contributed by atoms with van der Waals surface area (Å²) in [6, 6.07) is 10.5. The lowest BCUT2D eigenvalue weighted by molar-refractivity contribution is -0.145. The molecule has 0 saturated carbocycles. The first-order chi connectivity index (χ1) is 11.7. The lowest BCUT2D eigenvalue weighted by Crippen LogP contribution is -2.36. The highest BCUT2D eigenvalue weighted by atomic mass is 32.2. The average molecular weight is 348 g/mol. The van der Waals surface area contributed by atoms with Crippen LogP contribution < -0.4 is 10.6 Å². The molecule has 4 atom stereocenters. The summed E-state index contributed by atoms with van der Waals surface area (Å²) < 4.78 is 4.98. The summed E-state index contributed by atoms with van der Waals surface area (Å²) in [5.41, 5.74) is 1.16. The van der Waals surface area contributed by atoms with Crippen LogP contribution in [0.3, 0.4) is 0 Å². The first-order valence-electron chi connectivity index (χ1n) is 8.47. The van der Waals surface area contributed by atoms with E-state index in [1.807, 2.05) is 42.1 Å². The highest BCUT2D eigenvalue weighted by Gasteiger charge is 2.42. The molecular weight excluding hydrogens is 324 g/mol. The molecular formula is C18H24N2O3S. The third kappa shape index (κ3) is 4.04. The van der Waals surface area contributed by atoms with Gasteiger partial charge in [-0.1, -0.05) is 36.8 Å². The van der Waals surface area contributed by atoms with E-state index in [-0.39, 0.29) is 30.0 Å². The molecule has 1 aromatic rings. The smallest absolute Gasteiger partial charge is 0.315 e. The number of methoxy groups -OCH3 is 1. The van der Waals surface area contributed by atoms with E-state index in [1.165, 1.54) is 7.11 Å².